The van der Waals surface area contributed by atoms with E-state index in [0.29, 0.717) is 13.0 Å². The fourth-order valence-corrected chi connectivity index (χ4v) is 1.52. The van der Waals surface area contributed by atoms with Crippen LogP contribution in [0.1, 0.15) is 29.6 Å². The lowest BCUT2D eigenvalue weighted by Gasteiger charge is -2.09. The van der Waals surface area contributed by atoms with E-state index in [4.69, 9.17) is 11.5 Å². The zero-order valence-corrected chi connectivity index (χ0v) is 10.8. The molecule has 0 fully saturated rings. The van der Waals surface area contributed by atoms with Gasteiger partial charge in [-0.15, -0.1) is 12.3 Å². The fraction of sp³-hybridized carbons (Fsp3) is 0.286. The zero-order chi connectivity index (χ0) is 15.0. The van der Waals surface area contributed by atoms with Gasteiger partial charge < -0.3 is 15.7 Å². The number of aromatic carboxylic acids is 1. The molecule has 1 aromatic carbocycles. The Bertz CT molecular complexity index is 538. The standard InChI is InChI=1S/C14H15FN2O3/c1-2-3-4-5-8-16-14(20)17-12-7-6-10(15)9-11(12)13(18)19/h1,6-7,9H,3-5,8H2,(H,18,19)(H2,16,17,20). The minimum atomic E-state index is -1.31. The van der Waals surface area contributed by atoms with Crippen molar-refractivity contribution in [1.29, 1.82) is 0 Å². The maximum Gasteiger partial charge on any atom is 0.337 e. The summed E-state index contributed by atoms with van der Waals surface area (Å²) in [6.07, 6.45) is 7.27. The van der Waals surface area contributed by atoms with E-state index in [1.54, 1.807) is 0 Å². The molecule has 1 aromatic rings. The molecule has 0 saturated carbocycles. The van der Waals surface area contributed by atoms with E-state index in [2.05, 4.69) is 16.6 Å². The van der Waals surface area contributed by atoms with Crippen molar-refractivity contribution >= 4 is 17.7 Å². The molecule has 0 atom stereocenters. The summed E-state index contributed by atoms with van der Waals surface area (Å²) in [6.45, 7) is 0.428. The van der Waals surface area contributed by atoms with Crippen LogP contribution in [0, 0.1) is 18.2 Å². The number of halogens is 1. The topological polar surface area (TPSA) is 78.4 Å². The number of hydrogen-bond donors (Lipinski definition) is 3. The molecule has 0 heterocycles. The summed E-state index contributed by atoms with van der Waals surface area (Å²) < 4.78 is 13.0. The lowest BCUT2D eigenvalue weighted by atomic mass is 10.1. The fourth-order valence-electron chi connectivity index (χ4n) is 1.52. The Labute approximate surface area is 116 Å². The first-order valence-corrected chi connectivity index (χ1v) is 6.05. The predicted molar refractivity (Wildman–Crippen MR) is 73.1 cm³/mol. The average molecular weight is 278 g/mol. The second-order valence-electron chi connectivity index (χ2n) is 4.04. The van der Waals surface area contributed by atoms with E-state index in [0.717, 1.165) is 25.0 Å². The van der Waals surface area contributed by atoms with Gasteiger partial charge in [-0.2, -0.15) is 0 Å². The Morgan fingerprint density at radius 2 is 2.10 bits per heavy atom. The summed E-state index contributed by atoms with van der Waals surface area (Å²) in [5.41, 5.74) is -0.257. The van der Waals surface area contributed by atoms with Crippen LogP contribution in [-0.2, 0) is 0 Å². The molecule has 0 bridgehead atoms. The van der Waals surface area contributed by atoms with Crippen molar-refractivity contribution in [2.75, 3.05) is 11.9 Å². The molecule has 0 unspecified atom stereocenters. The van der Waals surface area contributed by atoms with Crippen molar-refractivity contribution in [3.63, 3.8) is 0 Å². The molecule has 0 saturated heterocycles. The monoisotopic (exact) mass is 278 g/mol. The van der Waals surface area contributed by atoms with Crippen LogP contribution in [0.5, 0.6) is 0 Å². The highest BCUT2D eigenvalue weighted by Crippen LogP contribution is 2.16. The van der Waals surface area contributed by atoms with Gasteiger partial charge in [0, 0.05) is 13.0 Å². The van der Waals surface area contributed by atoms with Gasteiger partial charge in [0.15, 0.2) is 0 Å². The van der Waals surface area contributed by atoms with Crippen LogP contribution in [0.15, 0.2) is 18.2 Å². The Kier molecular flexibility index (Phi) is 6.04. The summed E-state index contributed by atoms with van der Waals surface area (Å²) in [4.78, 5) is 22.5. The maximum absolute atomic E-state index is 13.0. The van der Waals surface area contributed by atoms with Crippen LogP contribution in [-0.4, -0.2) is 23.7 Å². The number of nitrogens with one attached hydrogen (secondary N) is 2. The molecule has 5 nitrogen and oxygen atoms in total. The number of carbonyl (C=O) groups excluding carboxylic acids is 1. The van der Waals surface area contributed by atoms with Crippen molar-refractivity contribution < 1.29 is 19.1 Å². The predicted octanol–water partition coefficient (Wildman–Crippen LogP) is 2.45. The molecule has 0 aliphatic rings. The number of amides is 2. The Morgan fingerprint density at radius 3 is 2.75 bits per heavy atom. The third kappa shape index (κ3) is 4.98. The lowest BCUT2D eigenvalue weighted by Crippen LogP contribution is -2.30. The van der Waals surface area contributed by atoms with Gasteiger partial charge in [-0.05, 0) is 31.0 Å². The highest BCUT2D eigenvalue weighted by molar-refractivity contribution is 5.99. The van der Waals surface area contributed by atoms with Crippen molar-refractivity contribution in [3.05, 3.63) is 29.6 Å². The number of terminal acetylenes is 1. The second kappa shape index (κ2) is 7.79. The number of benzene rings is 1. The summed E-state index contributed by atoms with van der Waals surface area (Å²) in [5.74, 6) is 0.502. The molecule has 0 radical (unpaired) electrons. The molecule has 0 aromatic heterocycles. The van der Waals surface area contributed by atoms with Gasteiger partial charge in [0.2, 0.25) is 0 Å². The highest BCUT2D eigenvalue weighted by atomic mass is 19.1. The molecule has 2 amide bonds. The quantitative estimate of drug-likeness (QED) is 0.552. The first-order valence-electron chi connectivity index (χ1n) is 6.05. The third-order valence-electron chi connectivity index (χ3n) is 2.49. The number of unbranched alkanes of at least 4 members (excludes halogenated alkanes) is 2. The van der Waals surface area contributed by atoms with Crippen LogP contribution in [0.25, 0.3) is 0 Å². The smallest absolute Gasteiger partial charge is 0.337 e. The number of anilines is 1. The van der Waals surface area contributed by atoms with Crippen molar-refractivity contribution in [3.8, 4) is 12.3 Å². The summed E-state index contributed by atoms with van der Waals surface area (Å²) in [5, 5.41) is 13.9. The molecule has 3 N–H and O–H groups in total. The molecular weight excluding hydrogens is 263 g/mol. The largest absolute Gasteiger partial charge is 0.478 e. The summed E-state index contributed by atoms with van der Waals surface area (Å²) in [7, 11) is 0. The third-order valence-corrected chi connectivity index (χ3v) is 2.49. The van der Waals surface area contributed by atoms with E-state index < -0.39 is 17.8 Å². The van der Waals surface area contributed by atoms with Crippen molar-refractivity contribution in [1.82, 2.24) is 5.32 Å². The summed E-state index contributed by atoms with van der Waals surface area (Å²) in [6, 6.07) is 2.59. The van der Waals surface area contributed by atoms with Gasteiger partial charge in [0.25, 0.3) is 0 Å². The SMILES string of the molecule is C#CCCCCNC(=O)Nc1ccc(F)cc1C(=O)O. The molecule has 1 rings (SSSR count). The van der Waals surface area contributed by atoms with Gasteiger partial charge in [-0.25, -0.2) is 14.0 Å². The number of carboxylic acid groups (broad SMARTS) is 1. The van der Waals surface area contributed by atoms with Crippen molar-refractivity contribution in [2.45, 2.75) is 19.3 Å². The number of carboxylic acids is 1. The normalized spacial score (nSPS) is 9.60. The Hall–Kier alpha value is -2.55. The minimum absolute atomic E-state index is 0.0417. The van der Waals surface area contributed by atoms with Crippen LogP contribution < -0.4 is 10.6 Å². The molecule has 0 aliphatic carbocycles. The van der Waals surface area contributed by atoms with E-state index >= 15 is 0 Å². The molecule has 6 heteroatoms. The zero-order valence-electron chi connectivity index (χ0n) is 10.8. The number of urea groups is 1. The molecule has 0 aliphatic heterocycles. The van der Waals surface area contributed by atoms with Gasteiger partial charge in [-0.3, -0.25) is 0 Å². The maximum atomic E-state index is 13.0. The Morgan fingerprint density at radius 1 is 1.35 bits per heavy atom. The van der Waals surface area contributed by atoms with Crippen molar-refractivity contribution in [2.24, 2.45) is 0 Å². The van der Waals surface area contributed by atoms with E-state index in [1.165, 1.54) is 6.07 Å². The number of hydrogen-bond acceptors (Lipinski definition) is 2. The molecule has 20 heavy (non-hydrogen) atoms. The van der Waals surface area contributed by atoms with Gasteiger partial charge in [-0.1, -0.05) is 0 Å². The van der Waals surface area contributed by atoms with E-state index in [1.807, 2.05) is 0 Å². The van der Waals surface area contributed by atoms with Crippen LogP contribution in [0.2, 0.25) is 0 Å². The molecular formula is C14H15FN2O3. The molecule has 0 spiro atoms. The first kappa shape index (κ1) is 15.5. The van der Waals surface area contributed by atoms with Gasteiger partial charge in [0.05, 0.1) is 11.3 Å². The average Bonchev–Trinajstić information content (AvgIpc) is 2.40. The van der Waals surface area contributed by atoms with Gasteiger partial charge >= 0.3 is 12.0 Å². The van der Waals surface area contributed by atoms with Crippen LogP contribution in [0.4, 0.5) is 14.9 Å². The van der Waals surface area contributed by atoms with E-state index in [-0.39, 0.29) is 11.3 Å². The van der Waals surface area contributed by atoms with Crippen LogP contribution >= 0.6 is 0 Å². The van der Waals surface area contributed by atoms with Gasteiger partial charge in [0.1, 0.15) is 5.82 Å². The lowest BCUT2D eigenvalue weighted by molar-refractivity contribution is 0.0697. The van der Waals surface area contributed by atoms with E-state index in [9.17, 15) is 14.0 Å². The molecule has 106 valence electrons. The Balaban J connectivity index is 2.54. The van der Waals surface area contributed by atoms with Crippen LogP contribution in [0.3, 0.4) is 0 Å². The number of rotatable bonds is 6. The summed E-state index contributed by atoms with van der Waals surface area (Å²) >= 11 is 0. The minimum Gasteiger partial charge on any atom is -0.478 e. The second-order valence-corrected chi connectivity index (χ2v) is 4.04. The first-order chi connectivity index (χ1) is 9.54. The highest BCUT2D eigenvalue weighted by Gasteiger charge is 2.13. The number of carbonyl (C=O) groups is 2.